The lowest BCUT2D eigenvalue weighted by atomic mass is 10.0. The SMILES string of the molecule is CCOC1C(/C(C)=C/P(=O)(O)O)OC(n2ccc(=O)[nH]c2=O)C1OC. The second-order valence-electron chi connectivity index (χ2n) is 5.55. The first-order valence-corrected chi connectivity index (χ1v) is 9.22. The molecule has 0 aromatic carbocycles. The van der Waals surface area contributed by atoms with E-state index in [2.05, 4.69) is 4.98 Å². The van der Waals surface area contributed by atoms with Crippen LogP contribution < -0.4 is 11.2 Å². The summed E-state index contributed by atoms with van der Waals surface area (Å²) in [5.74, 6) is 0.800. The van der Waals surface area contributed by atoms with E-state index >= 15 is 0 Å². The van der Waals surface area contributed by atoms with Crippen LogP contribution in [-0.4, -0.2) is 51.4 Å². The molecule has 25 heavy (non-hydrogen) atoms. The van der Waals surface area contributed by atoms with Crippen molar-refractivity contribution in [3.63, 3.8) is 0 Å². The van der Waals surface area contributed by atoms with Gasteiger partial charge in [0.15, 0.2) is 6.23 Å². The van der Waals surface area contributed by atoms with Gasteiger partial charge >= 0.3 is 13.3 Å². The number of hydrogen-bond acceptors (Lipinski definition) is 6. The summed E-state index contributed by atoms with van der Waals surface area (Å²) in [6.07, 6.45) is -1.92. The number of methoxy groups -OCH3 is 1. The number of hydrogen-bond donors (Lipinski definition) is 3. The Bertz CT molecular complexity index is 795. The smallest absolute Gasteiger partial charge is 0.349 e. The number of nitrogens with zero attached hydrogens (tertiary/aromatic N) is 1. The van der Waals surface area contributed by atoms with Crippen molar-refractivity contribution in [1.82, 2.24) is 9.55 Å². The maximum atomic E-state index is 12.1. The second-order valence-corrected chi connectivity index (χ2v) is 6.98. The Morgan fingerprint density at radius 3 is 2.64 bits per heavy atom. The number of nitrogens with one attached hydrogen (secondary N) is 1. The summed E-state index contributed by atoms with van der Waals surface area (Å²) in [5.41, 5.74) is -0.982. The van der Waals surface area contributed by atoms with E-state index in [1.54, 1.807) is 6.92 Å². The molecule has 1 fully saturated rings. The van der Waals surface area contributed by atoms with Crippen molar-refractivity contribution in [2.75, 3.05) is 13.7 Å². The topological polar surface area (TPSA) is 140 Å². The minimum Gasteiger partial charge on any atom is -0.374 e. The van der Waals surface area contributed by atoms with Crippen LogP contribution in [0.4, 0.5) is 0 Å². The van der Waals surface area contributed by atoms with Crippen molar-refractivity contribution >= 4 is 7.60 Å². The molecular formula is C14H21N2O8P. The van der Waals surface area contributed by atoms with Crippen LogP contribution in [-0.2, 0) is 18.8 Å². The molecule has 2 heterocycles. The fourth-order valence-electron chi connectivity index (χ4n) is 2.82. The first-order chi connectivity index (χ1) is 11.7. The summed E-state index contributed by atoms with van der Waals surface area (Å²) in [6, 6.07) is 1.17. The molecule has 0 amide bonds. The number of aromatic nitrogens is 2. The Hall–Kier alpha value is -1.55. The summed E-state index contributed by atoms with van der Waals surface area (Å²) >= 11 is 0. The van der Waals surface area contributed by atoms with Crippen molar-refractivity contribution in [2.24, 2.45) is 0 Å². The van der Waals surface area contributed by atoms with Gasteiger partial charge in [-0.3, -0.25) is 18.9 Å². The molecule has 0 aliphatic carbocycles. The van der Waals surface area contributed by atoms with Gasteiger partial charge < -0.3 is 24.0 Å². The molecule has 3 N–H and O–H groups in total. The van der Waals surface area contributed by atoms with E-state index in [1.807, 2.05) is 0 Å². The zero-order chi connectivity index (χ0) is 18.8. The van der Waals surface area contributed by atoms with E-state index in [0.717, 1.165) is 10.4 Å². The standard InChI is InChI=1S/C14H21N2O8P/c1-4-23-11-10(8(2)7-25(19,20)21)24-13(12(11)22-3)16-6-5-9(17)15-14(16)18/h5-7,10-13H,4H2,1-3H3,(H,15,17,18)(H2,19,20,21)/b8-7+. The molecule has 1 saturated heterocycles. The number of rotatable bonds is 6. The van der Waals surface area contributed by atoms with Gasteiger partial charge in [-0.05, 0) is 19.4 Å². The fraction of sp³-hybridized carbons (Fsp3) is 0.571. The third kappa shape index (κ3) is 4.55. The lowest BCUT2D eigenvalue weighted by molar-refractivity contribution is -0.0594. The molecule has 4 unspecified atom stereocenters. The summed E-state index contributed by atoms with van der Waals surface area (Å²) in [5, 5.41) is 0. The Balaban J connectivity index is 2.46. The first-order valence-electron chi connectivity index (χ1n) is 7.54. The first kappa shape index (κ1) is 19.8. The maximum absolute atomic E-state index is 12.1. The van der Waals surface area contributed by atoms with Crippen LogP contribution in [0, 0.1) is 0 Å². The molecule has 0 bridgehead atoms. The third-order valence-electron chi connectivity index (χ3n) is 3.77. The molecule has 10 nitrogen and oxygen atoms in total. The predicted octanol–water partition coefficient (Wildman–Crippen LogP) is -0.0644. The minimum atomic E-state index is -4.41. The number of H-pyrrole nitrogens is 1. The monoisotopic (exact) mass is 376 g/mol. The number of aromatic amines is 1. The minimum absolute atomic E-state index is 0.258. The van der Waals surface area contributed by atoms with Crippen LogP contribution >= 0.6 is 7.60 Å². The van der Waals surface area contributed by atoms with Gasteiger partial charge in [-0.25, -0.2) is 4.79 Å². The van der Waals surface area contributed by atoms with Crippen LogP contribution in [0.2, 0.25) is 0 Å². The normalized spacial score (nSPS) is 27.6. The Morgan fingerprint density at radius 1 is 1.44 bits per heavy atom. The molecular weight excluding hydrogens is 355 g/mol. The highest BCUT2D eigenvalue weighted by Gasteiger charge is 2.47. The molecule has 0 radical (unpaired) electrons. The molecule has 11 heteroatoms. The lowest BCUT2D eigenvalue weighted by Crippen LogP contribution is -2.39. The molecule has 1 aliphatic heterocycles. The van der Waals surface area contributed by atoms with Crippen LogP contribution in [0.1, 0.15) is 20.1 Å². The van der Waals surface area contributed by atoms with E-state index < -0.39 is 43.4 Å². The van der Waals surface area contributed by atoms with Gasteiger partial charge in [0, 0.05) is 31.8 Å². The van der Waals surface area contributed by atoms with Gasteiger partial charge in [-0.1, -0.05) is 0 Å². The molecule has 4 atom stereocenters. The highest BCUT2D eigenvalue weighted by molar-refractivity contribution is 7.55. The van der Waals surface area contributed by atoms with Crippen molar-refractivity contribution in [3.05, 3.63) is 44.5 Å². The molecule has 0 spiro atoms. The van der Waals surface area contributed by atoms with Crippen LogP contribution in [0.15, 0.2) is 33.2 Å². The molecule has 1 aliphatic rings. The zero-order valence-corrected chi connectivity index (χ0v) is 14.9. The fourth-order valence-corrected chi connectivity index (χ4v) is 3.50. The highest BCUT2D eigenvalue weighted by atomic mass is 31.2. The van der Waals surface area contributed by atoms with Gasteiger partial charge in [0.1, 0.15) is 18.3 Å². The van der Waals surface area contributed by atoms with Crippen LogP contribution in [0.3, 0.4) is 0 Å². The molecule has 1 aromatic heterocycles. The summed E-state index contributed by atoms with van der Waals surface area (Å²) in [6.45, 7) is 3.56. The van der Waals surface area contributed by atoms with Gasteiger partial charge in [-0.2, -0.15) is 0 Å². The third-order valence-corrected chi connectivity index (χ3v) is 4.51. The molecule has 2 rings (SSSR count). The zero-order valence-electron chi connectivity index (χ0n) is 14.0. The van der Waals surface area contributed by atoms with Gasteiger partial charge in [0.05, 0.1) is 0 Å². The van der Waals surface area contributed by atoms with E-state index in [-0.39, 0.29) is 5.57 Å². The van der Waals surface area contributed by atoms with Crippen LogP contribution in [0.25, 0.3) is 0 Å². The number of ether oxygens (including phenoxy) is 3. The molecule has 1 aromatic rings. The van der Waals surface area contributed by atoms with Gasteiger partial charge in [0.25, 0.3) is 5.56 Å². The summed E-state index contributed by atoms with van der Waals surface area (Å²) in [4.78, 5) is 43.7. The van der Waals surface area contributed by atoms with E-state index in [4.69, 9.17) is 24.0 Å². The summed E-state index contributed by atoms with van der Waals surface area (Å²) in [7, 11) is -3.00. The lowest BCUT2D eigenvalue weighted by Gasteiger charge is -2.23. The summed E-state index contributed by atoms with van der Waals surface area (Å²) < 4.78 is 29.3. The predicted molar refractivity (Wildman–Crippen MR) is 87.2 cm³/mol. The van der Waals surface area contributed by atoms with Crippen molar-refractivity contribution in [3.8, 4) is 0 Å². The van der Waals surface area contributed by atoms with Crippen LogP contribution in [0.5, 0.6) is 0 Å². The second kappa shape index (κ2) is 7.77. The van der Waals surface area contributed by atoms with Gasteiger partial charge in [-0.15, -0.1) is 0 Å². The largest absolute Gasteiger partial charge is 0.374 e. The Kier molecular flexibility index (Phi) is 6.15. The highest BCUT2D eigenvalue weighted by Crippen LogP contribution is 2.42. The average molecular weight is 376 g/mol. The quantitative estimate of drug-likeness (QED) is 0.587. The van der Waals surface area contributed by atoms with Crippen molar-refractivity contribution in [1.29, 1.82) is 0 Å². The van der Waals surface area contributed by atoms with E-state index in [0.29, 0.717) is 6.61 Å². The average Bonchev–Trinajstić information content (AvgIpc) is 2.84. The van der Waals surface area contributed by atoms with E-state index in [1.165, 1.54) is 26.3 Å². The van der Waals surface area contributed by atoms with Crippen molar-refractivity contribution < 1.29 is 28.6 Å². The molecule has 140 valence electrons. The maximum Gasteiger partial charge on any atom is 0.349 e. The van der Waals surface area contributed by atoms with E-state index in [9.17, 15) is 14.2 Å². The Labute approximate surface area is 143 Å². The van der Waals surface area contributed by atoms with Crippen molar-refractivity contribution in [2.45, 2.75) is 38.4 Å². The Morgan fingerprint density at radius 2 is 2.12 bits per heavy atom. The molecule has 0 saturated carbocycles. The van der Waals surface area contributed by atoms with Gasteiger partial charge in [0.2, 0.25) is 0 Å².